The quantitative estimate of drug-likeness (QED) is 0.600. The van der Waals surface area contributed by atoms with Crippen LogP contribution in [0.2, 0.25) is 0 Å². The van der Waals surface area contributed by atoms with E-state index in [9.17, 15) is 9.59 Å². The van der Waals surface area contributed by atoms with Crippen LogP contribution in [-0.4, -0.2) is 31.1 Å². The number of ether oxygens (including phenoxy) is 2. The van der Waals surface area contributed by atoms with Crippen molar-refractivity contribution in [2.75, 3.05) is 18.9 Å². The van der Waals surface area contributed by atoms with Gasteiger partial charge in [0, 0.05) is 17.8 Å². The zero-order valence-electron chi connectivity index (χ0n) is 11.3. The summed E-state index contributed by atoms with van der Waals surface area (Å²) in [5.74, 6) is -0.374. The number of esters is 1. The Morgan fingerprint density at radius 2 is 2.10 bits per heavy atom. The molecule has 1 amide bonds. The number of nitrogens with two attached hydrogens (primary N) is 1. The van der Waals surface area contributed by atoms with E-state index in [1.165, 1.54) is 6.07 Å². The van der Waals surface area contributed by atoms with Gasteiger partial charge in [0.2, 0.25) is 0 Å². The number of hydrogen-bond donors (Lipinski definition) is 2. The largest absolute Gasteiger partial charge is 0.494 e. The van der Waals surface area contributed by atoms with Crippen molar-refractivity contribution in [1.82, 2.24) is 5.32 Å². The molecule has 108 valence electrons. The van der Waals surface area contributed by atoms with Gasteiger partial charge in [-0.25, -0.2) is 4.79 Å². The summed E-state index contributed by atoms with van der Waals surface area (Å²) in [5.41, 5.74) is 6.37. The van der Waals surface area contributed by atoms with E-state index in [1.807, 2.05) is 6.92 Å². The molecule has 6 nitrogen and oxygen atoms in total. The minimum atomic E-state index is -0.593. The molecule has 20 heavy (non-hydrogen) atoms. The second kappa shape index (κ2) is 6.27. The average molecular weight is 278 g/mol. The third-order valence-corrected chi connectivity index (χ3v) is 2.75. The van der Waals surface area contributed by atoms with Gasteiger partial charge in [0.15, 0.2) is 6.61 Å². The molecule has 0 radical (unpaired) electrons. The Morgan fingerprint density at radius 3 is 2.75 bits per heavy atom. The molecule has 1 aliphatic carbocycles. The van der Waals surface area contributed by atoms with E-state index in [1.54, 1.807) is 12.1 Å². The van der Waals surface area contributed by atoms with E-state index in [-0.39, 0.29) is 24.1 Å². The third-order valence-electron chi connectivity index (χ3n) is 2.75. The van der Waals surface area contributed by atoms with E-state index in [0.717, 1.165) is 12.8 Å². The number of amides is 1. The van der Waals surface area contributed by atoms with Crippen LogP contribution >= 0.6 is 0 Å². The number of nitrogen functional groups attached to an aromatic ring is 1. The fourth-order valence-electron chi connectivity index (χ4n) is 1.70. The zero-order valence-corrected chi connectivity index (χ0v) is 11.3. The summed E-state index contributed by atoms with van der Waals surface area (Å²) in [7, 11) is 0. The van der Waals surface area contributed by atoms with Crippen LogP contribution in [-0.2, 0) is 9.53 Å². The standard InChI is InChI=1S/C14H18N2O4/c1-2-19-12-6-9(5-10(15)7-12)14(18)20-8-13(17)16-11-3-4-11/h5-7,11H,2-4,8,15H2,1H3,(H,16,17). The first-order chi connectivity index (χ1) is 9.58. The molecule has 1 fully saturated rings. The van der Waals surface area contributed by atoms with Crippen LogP contribution in [0, 0.1) is 0 Å². The monoisotopic (exact) mass is 278 g/mol. The summed E-state index contributed by atoms with van der Waals surface area (Å²) in [6.45, 7) is 2.03. The van der Waals surface area contributed by atoms with Gasteiger partial charge < -0.3 is 20.5 Å². The van der Waals surface area contributed by atoms with Gasteiger partial charge in [-0.1, -0.05) is 0 Å². The number of nitrogens with one attached hydrogen (secondary N) is 1. The molecule has 0 spiro atoms. The van der Waals surface area contributed by atoms with Gasteiger partial charge in [-0.3, -0.25) is 4.79 Å². The minimum Gasteiger partial charge on any atom is -0.494 e. The predicted octanol–water partition coefficient (Wildman–Crippen LogP) is 1.10. The second-order valence-electron chi connectivity index (χ2n) is 4.64. The highest BCUT2D eigenvalue weighted by atomic mass is 16.5. The van der Waals surface area contributed by atoms with Crippen molar-refractivity contribution in [2.24, 2.45) is 0 Å². The Bertz CT molecular complexity index is 512. The minimum absolute atomic E-state index is 0.248. The topological polar surface area (TPSA) is 90.7 Å². The number of carbonyl (C=O) groups is 2. The van der Waals surface area contributed by atoms with E-state index < -0.39 is 5.97 Å². The lowest BCUT2D eigenvalue weighted by Gasteiger charge is -2.08. The van der Waals surface area contributed by atoms with Crippen molar-refractivity contribution in [1.29, 1.82) is 0 Å². The Hall–Kier alpha value is -2.24. The maximum Gasteiger partial charge on any atom is 0.338 e. The van der Waals surface area contributed by atoms with Gasteiger partial charge in [-0.05, 0) is 31.9 Å². The summed E-state index contributed by atoms with van der Waals surface area (Å²) in [4.78, 5) is 23.3. The van der Waals surface area contributed by atoms with E-state index in [4.69, 9.17) is 15.2 Å². The molecule has 2 rings (SSSR count). The first-order valence-electron chi connectivity index (χ1n) is 6.58. The molecule has 0 aromatic heterocycles. The summed E-state index contributed by atoms with van der Waals surface area (Å²) in [6.07, 6.45) is 1.99. The molecule has 1 aromatic carbocycles. The summed E-state index contributed by atoms with van der Waals surface area (Å²) in [6, 6.07) is 4.91. The lowest BCUT2D eigenvalue weighted by molar-refractivity contribution is -0.124. The zero-order chi connectivity index (χ0) is 14.5. The summed E-state index contributed by atoms with van der Waals surface area (Å²) < 4.78 is 10.2. The van der Waals surface area contributed by atoms with Gasteiger partial charge >= 0.3 is 5.97 Å². The molecular formula is C14H18N2O4. The van der Waals surface area contributed by atoms with E-state index >= 15 is 0 Å². The molecule has 1 saturated carbocycles. The van der Waals surface area contributed by atoms with Gasteiger partial charge in [-0.15, -0.1) is 0 Å². The van der Waals surface area contributed by atoms with Crippen molar-refractivity contribution in [2.45, 2.75) is 25.8 Å². The normalized spacial score (nSPS) is 13.7. The van der Waals surface area contributed by atoms with Crippen LogP contribution in [0.15, 0.2) is 18.2 Å². The highest BCUT2D eigenvalue weighted by Crippen LogP contribution is 2.20. The van der Waals surface area contributed by atoms with Crippen molar-refractivity contribution in [3.05, 3.63) is 23.8 Å². The maximum absolute atomic E-state index is 11.8. The van der Waals surface area contributed by atoms with Gasteiger partial charge in [0.1, 0.15) is 5.75 Å². The van der Waals surface area contributed by atoms with Crippen LogP contribution < -0.4 is 15.8 Å². The molecule has 0 heterocycles. The fraction of sp³-hybridized carbons (Fsp3) is 0.429. The summed E-state index contributed by atoms with van der Waals surface area (Å²) >= 11 is 0. The second-order valence-corrected chi connectivity index (χ2v) is 4.64. The Labute approximate surface area is 117 Å². The number of hydrogen-bond acceptors (Lipinski definition) is 5. The molecule has 0 saturated heterocycles. The van der Waals surface area contributed by atoms with Crippen molar-refractivity contribution in [3.63, 3.8) is 0 Å². The van der Waals surface area contributed by atoms with Crippen LogP contribution in [0.1, 0.15) is 30.1 Å². The first kappa shape index (κ1) is 14.2. The SMILES string of the molecule is CCOc1cc(N)cc(C(=O)OCC(=O)NC2CC2)c1. The lowest BCUT2D eigenvalue weighted by atomic mass is 10.2. The number of benzene rings is 1. The third kappa shape index (κ3) is 4.15. The summed E-state index contributed by atoms with van der Waals surface area (Å²) in [5, 5.41) is 2.74. The van der Waals surface area contributed by atoms with Crippen molar-refractivity contribution in [3.8, 4) is 5.75 Å². The molecule has 3 N–H and O–H groups in total. The van der Waals surface area contributed by atoms with Crippen LogP contribution in [0.3, 0.4) is 0 Å². The Morgan fingerprint density at radius 1 is 1.35 bits per heavy atom. The predicted molar refractivity (Wildman–Crippen MR) is 73.5 cm³/mol. The molecule has 1 aliphatic rings. The molecule has 0 unspecified atom stereocenters. The van der Waals surface area contributed by atoms with Crippen LogP contribution in [0.4, 0.5) is 5.69 Å². The van der Waals surface area contributed by atoms with E-state index in [2.05, 4.69) is 5.32 Å². The molecule has 1 aromatic rings. The molecule has 6 heteroatoms. The highest BCUT2D eigenvalue weighted by Gasteiger charge is 2.23. The van der Waals surface area contributed by atoms with Gasteiger partial charge in [0.25, 0.3) is 5.91 Å². The molecule has 0 bridgehead atoms. The maximum atomic E-state index is 11.8. The lowest BCUT2D eigenvalue weighted by Crippen LogP contribution is -2.30. The fourth-order valence-corrected chi connectivity index (χ4v) is 1.70. The number of rotatable bonds is 6. The number of carbonyl (C=O) groups excluding carboxylic acids is 2. The molecule has 0 atom stereocenters. The van der Waals surface area contributed by atoms with Crippen molar-refractivity contribution >= 4 is 17.6 Å². The number of anilines is 1. The van der Waals surface area contributed by atoms with Crippen LogP contribution in [0.25, 0.3) is 0 Å². The molecule has 0 aliphatic heterocycles. The van der Waals surface area contributed by atoms with Crippen LogP contribution in [0.5, 0.6) is 5.75 Å². The Balaban J connectivity index is 1.91. The highest BCUT2D eigenvalue weighted by molar-refractivity contribution is 5.92. The van der Waals surface area contributed by atoms with E-state index in [0.29, 0.717) is 18.0 Å². The smallest absolute Gasteiger partial charge is 0.338 e. The molecular weight excluding hydrogens is 260 g/mol. The van der Waals surface area contributed by atoms with Gasteiger partial charge in [0.05, 0.1) is 12.2 Å². The Kier molecular flexibility index (Phi) is 4.45. The average Bonchev–Trinajstić information content (AvgIpc) is 3.19. The van der Waals surface area contributed by atoms with Gasteiger partial charge in [-0.2, -0.15) is 0 Å². The van der Waals surface area contributed by atoms with Crippen molar-refractivity contribution < 1.29 is 19.1 Å². The first-order valence-corrected chi connectivity index (χ1v) is 6.58.